The monoisotopic (exact) mass is 325 g/mol. The second-order valence-electron chi connectivity index (χ2n) is 5.80. The summed E-state index contributed by atoms with van der Waals surface area (Å²) in [6.45, 7) is 5.99. The van der Waals surface area contributed by atoms with Crippen molar-refractivity contribution in [2.75, 3.05) is 23.8 Å². The summed E-state index contributed by atoms with van der Waals surface area (Å²) in [5, 5.41) is 7.57. The Labute approximate surface area is 139 Å². The molecule has 0 fully saturated rings. The first-order valence-corrected chi connectivity index (χ1v) is 7.61. The van der Waals surface area contributed by atoms with Crippen LogP contribution in [0.3, 0.4) is 0 Å². The molecule has 1 N–H and O–H groups in total. The molecule has 7 nitrogen and oxygen atoms in total. The summed E-state index contributed by atoms with van der Waals surface area (Å²) >= 11 is 0. The van der Waals surface area contributed by atoms with E-state index in [9.17, 15) is 4.79 Å². The van der Waals surface area contributed by atoms with E-state index < -0.39 is 0 Å². The quantitative estimate of drug-likeness (QED) is 0.794. The van der Waals surface area contributed by atoms with E-state index in [0.717, 1.165) is 22.2 Å². The molecule has 0 aliphatic rings. The number of aromatic nitrogens is 3. The molecule has 2 aromatic heterocycles. The molecular weight excluding hydrogens is 306 g/mol. The Morgan fingerprint density at radius 1 is 1.25 bits per heavy atom. The molecule has 2 heterocycles. The molecule has 3 rings (SSSR count). The lowest BCUT2D eigenvalue weighted by Crippen LogP contribution is -2.31. The Balaban J connectivity index is 1.79. The number of nitrogens with zero attached hydrogens (tertiary/aromatic N) is 4. The number of carbonyl (C=O) groups excluding carboxylic acids is 1. The van der Waals surface area contributed by atoms with Crippen LogP contribution in [0.25, 0.3) is 11.1 Å². The van der Waals surface area contributed by atoms with Gasteiger partial charge in [-0.25, -0.2) is 4.98 Å². The number of anilines is 2. The second kappa shape index (κ2) is 6.27. The Hall–Kier alpha value is -2.96. The first-order chi connectivity index (χ1) is 11.5. The summed E-state index contributed by atoms with van der Waals surface area (Å²) in [4.78, 5) is 22.5. The predicted octanol–water partition coefficient (Wildman–Crippen LogP) is 2.62. The first-order valence-electron chi connectivity index (χ1n) is 7.61. The molecule has 24 heavy (non-hydrogen) atoms. The number of likely N-dealkylation sites (N-methyl/N-ethyl adjacent to an activating group) is 1. The third-order valence-corrected chi connectivity index (χ3v) is 4.04. The average Bonchev–Trinajstić information content (AvgIpc) is 2.93. The molecule has 0 bridgehead atoms. The zero-order chi connectivity index (χ0) is 17.3. The van der Waals surface area contributed by atoms with Gasteiger partial charge in [0.05, 0.1) is 12.2 Å². The van der Waals surface area contributed by atoms with E-state index >= 15 is 0 Å². The summed E-state index contributed by atoms with van der Waals surface area (Å²) < 4.78 is 5.14. The van der Waals surface area contributed by atoms with E-state index in [-0.39, 0.29) is 12.5 Å². The number of hydrogen-bond acceptors (Lipinski definition) is 6. The zero-order valence-electron chi connectivity index (χ0n) is 14.1. The van der Waals surface area contributed by atoms with Crippen molar-refractivity contribution >= 4 is 28.5 Å². The van der Waals surface area contributed by atoms with Gasteiger partial charge in [0.2, 0.25) is 5.91 Å². The molecule has 1 amide bonds. The highest BCUT2D eigenvalue weighted by molar-refractivity contribution is 5.96. The maximum atomic E-state index is 12.4. The Kier molecular flexibility index (Phi) is 4.16. The van der Waals surface area contributed by atoms with E-state index in [1.165, 1.54) is 6.33 Å². The largest absolute Gasteiger partial charge is 0.350 e. The Morgan fingerprint density at radius 3 is 2.83 bits per heavy atom. The minimum atomic E-state index is -0.118. The van der Waals surface area contributed by atoms with Gasteiger partial charge in [-0.05, 0) is 38.0 Å². The SMILES string of the molecule is Cc1cccc(NC(=O)CN(C)c2ncnc3onc(C)c23)c1C. The maximum absolute atomic E-state index is 12.4. The Bertz CT molecular complexity index is 903. The van der Waals surface area contributed by atoms with Gasteiger partial charge in [0.1, 0.15) is 17.5 Å². The summed E-state index contributed by atoms with van der Waals surface area (Å²) in [5.74, 6) is 0.502. The van der Waals surface area contributed by atoms with Gasteiger partial charge in [0.25, 0.3) is 5.71 Å². The molecule has 124 valence electrons. The molecule has 0 unspecified atom stereocenters. The van der Waals surface area contributed by atoms with Crippen LogP contribution in [-0.2, 0) is 4.79 Å². The highest BCUT2D eigenvalue weighted by Gasteiger charge is 2.17. The fourth-order valence-electron chi connectivity index (χ4n) is 2.56. The van der Waals surface area contributed by atoms with Crippen molar-refractivity contribution in [2.24, 2.45) is 0 Å². The summed E-state index contributed by atoms with van der Waals surface area (Å²) in [6.07, 6.45) is 1.40. The maximum Gasteiger partial charge on any atom is 0.263 e. The van der Waals surface area contributed by atoms with Gasteiger partial charge < -0.3 is 14.7 Å². The molecule has 0 aliphatic carbocycles. The van der Waals surface area contributed by atoms with E-state index in [1.807, 2.05) is 39.0 Å². The molecule has 0 radical (unpaired) electrons. The van der Waals surface area contributed by atoms with Crippen LogP contribution in [0.4, 0.5) is 11.5 Å². The Morgan fingerprint density at radius 2 is 2.04 bits per heavy atom. The van der Waals surface area contributed by atoms with Crippen LogP contribution in [0.1, 0.15) is 16.8 Å². The van der Waals surface area contributed by atoms with E-state index in [2.05, 4.69) is 20.4 Å². The van der Waals surface area contributed by atoms with Crippen LogP contribution >= 0.6 is 0 Å². The minimum Gasteiger partial charge on any atom is -0.350 e. The van der Waals surface area contributed by atoms with Gasteiger partial charge in [-0.3, -0.25) is 4.79 Å². The number of nitrogens with one attached hydrogen (secondary N) is 1. The highest BCUT2D eigenvalue weighted by Crippen LogP contribution is 2.25. The number of benzene rings is 1. The number of fused-ring (bicyclic) bond motifs is 1. The highest BCUT2D eigenvalue weighted by atomic mass is 16.5. The molecule has 0 spiro atoms. The van der Waals surface area contributed by atoms with Crippen molar-refractivity contribution in [3.63, 3.8) is 0 Å². The summed E-state index contributed by atoms with van der Waals surface area (Å²) in [5.41, 5.74) is 4.13. The molecular formula is C17H19N5O2. The molecule has 0 saturated heterocycles. The standard InChI is InChI=1S/C17H19N5O2/c1-10-6-5-7-13(11(10)2)20-14(23)8-22(4)16-15-12(3)21-24-17(15)19-9-18-16/h5-7,9H,8H2,1-4H3,(H,20,23). The lowest BCUT2D eigenvalue weighted by molar-refractivity contribution is -0.114. The van der Waals surface area contributed by atoms with Crippen LogP contribution in [-0.4, -0.2) is 34.6 Å². The third kappa shape index (κ3) is 2.92. The molecule has 0 aliphatic heterocycles. The van der Waals surface area contributed by atoms with Crippen LogP contribution in [0.15, 0.2) is 29.0 Å². The lowest BCUT2D eigenvalue weighted by atomic mass is 10.1. The van der Waals surface area contributed by atoms with Crippen molar-refractivity contribution in [1.82, 2.24) is 15.1 Å². The fourth-order valence-corrected chi connectivity index (χ4v) is 2.56. The predicted molar refractivity (Wildman–Crippen MR) is 92.2 cm³/mol. The van der Waals surface area contributed by atoms with Gasteiger partial charge in [0.15, 0.2) is 0 Å². The molecule has 0 saturated carbocycles. The smallest absolute Gasteiger partial charge is 0.263 e. The zero-order valence-corrected chi connectivity index (χ0v) is 14.1. The molecule has 7 heteroatoms. The van der Waals surface area contributed by atoms with E-state index in [0.29, 0.717) is 17.2 Å². The van der Waals surface area contributed by atoms with E-state index in [1.54, 1.807) is 11.9 Å². The number of rotatable bonds is 4. The second-order valence-corrected chi connectivity index (χ2v) is 5.80. The minimum absolute atomic E-state index is 0.118. The topological polar surface area (TPSA) is 84.2 Å². The summed E-state index contributed by atoms with van der Waals surface area (Å²) in [7, 11) is 1.80. The number of hydrogen-bond donors (Lipinski definition) is 1. The molecule has 3 aromatic rings. The normalized spacial score (nSPS) is 10.8. The number of amides is 1. The fraction of sp³-hybridized carbons (Fsp3) is 0.294. The van der Waals surface area contributed by atoms with Gasteiger partial charge >= 0.3 is 0 Å². The van der Waals surface area contributed by atoms with Gasteiger partial charge in [0, 0.05) is 12.7 Å². The van der Waals surface area contributed by atoms with Crippen LogP contribution in [0, 0.1) is 20.8 Å². The van der Waals surface area contributed by atoms with Crippen molar-refractivity contribution in [1.29, 1.82) is 0 Å². The molecule has 0 atom stereocenters. The van der Waals surface area contributed by atoms with Crippen LogP contribution in [0.5, 0.6) is 0 Å². The number of carbonyl (C=O) groups is 1. The summed E-state index contributed by atoms with van der Waals surface area (Å²) in [6, 6.07) is 5.84. The number of aryl methyl sites for hydroxylation is 2. The van der Waals surface area contributed by atoms with Gasteiger partial charge in [-0.15, -0.1) is 0 Å². The average molecular weight is 325 g/mol. The van der Waals surface area contributed by atoms with Gasteiger partial charge in [-0.1, -0.05) is 17.3 Å². The van der Waals surface area contributed by atoms with Crippen molar-refractivity contribution in [3.05, 3.63) is 41.3 Å². The lowest BCUT2D eigenvalue weighted by Gasteiger charge is -2.18. The van der Waals surface area contributed by atoms with Crippen LogP contribution < -0.4 is 10.2 Å². The molecule has 1 aromatic carbocycles. The van der Waals surface area contributed by atoms with Crippen molar-refractivity contribution in [2.45, 2.75) is 20.8 Å². The third-order valence-electron chi connectivity index (χ3n) is 4.04. The van der Waals surface area contributed by atoms with Gasteiger partial charge in [-0.2, -0.15) is 4.98 Å². The van der Waals surface area contributed by atoms with E-state index in [4.69, 9.17) is 4.52 Å². The first kappa shape index (κ1) is 15.9. The van der Waals surface area contributed by atoms with Crippen molar-refractivity contribution < 1.29 is 9.32 Å². The van der Waals surface area contributed by atoms with Crippen LogP contribution in [0.2, 0.25) is 0 Å². The van der Waals surface area contributed by atoms with Crippen molar-refractivity contribution in [3.8, 4) is 0 Å².